The lowest BCUT2D eigenvalue weighted by molar-refractivity contribution is 0.942. The van der Waals surface area contributed by atoms with Gasteiger partial charge in [-0.05, 0) is 89.5 Å². The Labute approximate surface area is 250 Å². The maximum absolute atomic E-state index is 3.61. The Morgan fingerprint density at radius 1 is 0.372 bits per heavy atom. The quantitative estimate of drug-likeness (QED) is 0.214. The monoisotopic (exact) mass is 548 g/mol. The lowest BCUT2D eigenvalue weighted by atomic mass is 9.85. The Balaban J connectivity index is 1.21. The van der Waals surface area contributed by atoms with Crippen LogP contribution in [0.25, 0.3) is 65.7 Å². The van der Waals surface area contributed by atoms with Crippen molar-refractivity contribution in [2.24, 2.45) is 0 Å². The highest BCUT2D eigenvalue weighted by atomic mass is 15.2. The van der Waals surface area contributed by atoms with Crippen molar-refractivity contribution in [2.75, 3.05) is 10.6 Å². The standard InChI is InChI=1S/C41H28N2/c1-2-7-26(8-3-1)27-13-15-28(16-14-27)35-25-36(34-24-22-31-10-6-9-30-21-23-33(35)40(34)39(30)31)29-17-19-32(20-18-29)41-42-37-11-4-5-12-38(37)43-41/h1-25,41-43H. The number of hydrogen-bond donors (Lipinski definition) is 2. The molecule has 0 bridgehead atoms. The fourth-order valence-corrected chi connectivity index (χ4v) is 6.89. The summed E-state index contributed by atoms with van der Waals surface area (Å²) in [6, 6.07) is 55.3. The van der Waals surface area contributed by atoms with E-state index in [1.54, 1.807) is 0 Å². The Bertz CT molecular complexity index is 2230. The maximum Gasteiger partial charge on any atom is 0.123 e. The third-order valence-corrected chi connectivity index (χ3v) is 9.03. The van der Waals surface area contributed by atoms with E-state index in [-0.39, 0.29) is 6.17 Å². The SMILES string of the molecule is c1ccc(-c2ccc(-c3cc(-c4ccc(C5Nc6ccccc6N5)cc4)c4ccc5cccc6ccc3c4c65)cc2)cc1. The Morgan fingerprint density at radius 2 is 0.884 bits per heavy atom. The first-order chi connectivity index (χ1) is 21.3. The number of anilines is 2. The molecule has 0 aliphatic carbocycles. The van der Waals surface area contributed by atoms with Crippen LogP contribution in [0.15, 0.2) is 152 Å². The fraction of sp³-hybridized carbons (Fsp3) is 0.0244. The molecule has 1 aliphatic rings. The molecule has 1 heterocycles. The first-order valence-corrected chi connectivity index (χ1v) is 14.9. The molecule has 9 rings (SSSR count). The van der Waals surface area contributed by atoms with Gasteiger partial charge in [-0.3, -0.25) is 0 Å². The van der Waals surface area contributed by atoms with E-state index in [9.17, 15) is 0 Å². The van der Waals surface area contributed by atoms with Gasteiger partial charge in [0.2, 0.25) is 0 Å². The Hall–Kier alpha value is -5.60. The van der Waals surface area contributed by atoms with Crippen LogP contribution < -0.4 is 10.6 Å². The highest BCUT2D eigenvalue weighted by Crippen LogP contribution is 2.44. The minimum absolute atomic E-state index is 0.0616. The van der Waals surface area contributed by atoms with Gasteiger partial charge in [-0.1, -0.05) is 133 Å². The van der Waals surface area contributed by atoms with Gasteiger partial charge in [-0.25, -0.2) is 0 Å². The highest BCUT2D eigenvalue weighted by molar-refractivity contribution is 6.28. The third-order valence-electron chi connectivity index (χ3n) is 9.03. The number of benzene rings is 8. The van der Waals surface area contributed by atoms with Crippen molar-refractivity contribution < 1.29 is 0 Å². The first kappa shape index (κ1) is 24.0. The molecule has 2 heteroatoms. The molecule has 43 heavy (non-hydrogen) atoms. The van der Waals surface area contributed by atoms with Gasteiger partial charge in [0.25, 0.3) is 0 Å². The van der Waals surface area contributed by atoms with Crippen LogP contribution in [0.5, 0.6) is 0 Å². The van der Waals surface area contributed by atoms with E-state index in [1.807, 2.05) is 0 Å². The zero-order chi connectivity index (χ0) is 28.3. The van der Waals surface area contributed by atoms with E-state index < -0.39 is 0 Å². The van der Waals surface area contributed by atoms with Gasteiger partial charge in [0.1, 0.15) is 6.17 Å². The summed E-state index contributed by atoms with van der Waals surface area (Å²) in [5, 5.41) is 15.1. The van der Waals surface area contributed by atoms with Crippen LogP contribution in [0.2, 0.25) is 0 Å². The van der Waals surface area contributed by atoms with Crippen molar-refractivity contribution in [1.29, 1.82) is 0 Å². The van der Waals surface area contributed by atoms with Gasteiger partial charge in [0.15, 0.2) is 0 Å². The van der Waals surface area contributed by atoms with Gasteiger partial charge >= 0.3 is 0 Å². The number of hydrogen-bond acceptors (Lipinski definition) is 2. The molecule has 0 saturated heterocycles. The van der Waals surface area contributed by atoms with Crippen LogP contribution in [0, 0.1) is 0 Å². The molecule has 0 fully saturated rings. The first-order valence-electron chi connectivity index (χ1n) is 14.9. The summed E-state index contributed by atoms with van der Waals surface area (Å²) >= 11 is 0. The average molecular weight is 549 g/mol. The van der Waals surface area contributed by atoms with E-state index >= 15 is 0 Å². The van der Waals surface area contributed by atoms with Crippen molar-refractivity contribution in [3.05, 3.63) is 157 Å². The molecule has 0 saturated carbocycles. The van der Waals surface area contributed by atoms with Crippen molar-refractivity contribution in [2.45, 2.75) is 6.17 Å². The fourth-order valence-electron chi connectivity index (χ4n) is 6.89. The van der Waals surface area contributed by atoms with Crippen LogP contribution in [0.4, 0.5) is 11.4 Å². The Kier molecular flexibility index (Phi) is 5.30. The molecule has 8 aromatic rings. The predicted octanol–water partition coefficient (Wildman–Crippen LogP) is 11.1. The van der Waals surface area contributed by atoms with Crippen molar-refractivity contribution in [1.82, 2.24) is 0 Å². The number of para-hydroxylation sites is 2. The smallest absolute Gasteiger partial charge is 0.123 e. The van der Waals surface area contributed by atoms with Crippen molar-refractivity contribution >= 4 is 43.7 Å². The number of rotatable bonds is 4. The van der Waals surface area contributed by atoms with Gasteiger partial charge < -0.3 is 10.6 Å². The zero-order valence-electron chi connectivity index (χ0n) is 23.5. The Morgan fingerprint density at radius 3 is 1.49 bits per heavy atom. The summed E-state index contributed by atoms with van der Waals surface area (Å²) in [5.74, 6) is 0. The second-order valence-corrected chi connectivity index (χ2v) is 11.5. The van der Waals surface area contributed by atoms with Gasteiger partial charge in [-0.15, -0.1) is 0 Å². The molecule has 0 spiro atoms. The molecule has 2 N–H and O–H groups in total. The van der Waals surface area contributed by atoms with E-state index in [0.29, 0.717) is 0 Å². The summed E-state index contributed by atoms with van der Waals surface area (Å²) < 4.78 is 0. The van der Waals surface area contributed by atoms with Crippen LogP contribution in [0.3, 0.4) is 0 Å². The lowest BCUT2D eigenvalue weighted by Gasteiger charge is -2.19. The van der Waals surface area contributed by atoms with Crippen LogP contribution >= 0.6 is 0 Å². The summed E-state index contributed by atoms with van der Waals surface area (Å²) in [6.45, 7) is 0. The largest absolute Gasteiger partial charge is 0.360 e. The molecule has 8 aromatic carbocycles. The number of nitrogens with one attached hydrogen (secondary N) is 2. The van der Waals surface area contributed by atoms with Gasteiger partial charge in [0.05, 0.1) is 11.4 Å². The molecule has 1 aliphatic heterocycles. The number of fused-ring (bicyclic) bond motifs is 1. The molecule has 0 aromatic heterocycles. The summed E-state index contributed by atoms with van der Waals surface area (Å²) in [5.41, 5.74) is 10.9. The molecule has 0 radical (unpaired) electrons. The van der Waals surface area contributed by atoms with Crippen molar-refractivity contribution in [3.63, 3.8) is 0 Å². The van der Waals surface area contributed by atoms with E-state index in [0.717, 1.165) is 11.4 Å². The molecule has 0 unspecified atom stereocenters. The minimum atomic E-state index is 0.0616. The minimum Gasteiger partial charge on any atom is -0.360 e. The van der Waals surface area contributed by atoms with Crippen LogP contribution in [-0.4, -0.2) is 0 Å². The third kappa shape index (κ3) is 3.88. The van der Waals surface area contributed by atoms with E-state index in [1.165, 1.54) is 71.3 Å². The summed E-state index contributed by atoms with van der Waals surface area (Å²) in [4.78, 5) is 0. The normalized spacial score (nSPS) is 12.9. The predicted molar refractivity (Wildman–Crippen MR) is 183 cm³/mol. The average Bonchev–Trinajstić information content (AvgIpc) is 3.52. The molecule has 0 amide bonds. The van der Waals surface area contributed by atoms with Gasteiger partial charge in [-0.2, -0.15) is 0 Å². The molecule has 2 nitrogen and oxygen atoms in total. The second kappa shape index (κ2) is 9.47. The van der Waals surface area contributed by atoms with Crippen LogP contribution in [0.1, 0.15) is 11.7 Å². The van der Waals surface area contributed by atoms with E-state index in [2.05, 4.69) is 162 Å². The van der Waals surface area contributed by atoms with E-state index in [4.69, 9.17) is 0 Å². The summed E-state index contributed by atoms with van der Waals surface area (Å²) in [7, 11) is 0. The maximum atomic E-state index is 3.61. The molecule has 0 atom stereocenters. The topological polar surface area (TPSA) is 24.1 Å². The summed E-state index contributed by atoms with van der Waals surface area (Å²) in [6.07, 6.45) is 0.0616. The molecule has 202 valence electrons. The van der Waals surface area contributed by atoms with Crippen LogP contribution in [-0.2, 0) is 0 Å². The zero-order valence-corrected chi connectivity index (χ0v) is 23.5. The molecular formula is C41H28N2. The second-order valence-electron chi connectivity index (χ2n) is 11.5. The van der Waals surface area contributed by atoms with Crippen molar-refractivity contribution in [3.8, 4) is 33.4 Å². The highest BCUT2D eigenvalue weighted by Gasteiger charge is 2.21. The lowest BCUT2D eigenvalue weighted by Crippen LogP contribution is -2.11. The molecular weight excluding hydrogens is 520 g/mol. The van der Waals surface area contributed by atoms with Gasteiger partial charge in [0, 0.05) is 0 Å².